The van der Waals surface area contributed by atoms with Gasteiger partial charge >= 0.3 is 0 Å². The summed E-state index contributed by atoms with van der Waals surface area (Å²) in [6.07, 6.45) is 1.59. The Labute approximate surface area is 104 Å². The molecule has 0 amide bonds. The molecular formula is C13H13NO4. The van der Waals surface area contributed by atoms with Gasteiger partial charge in [-0.25, -0.2) is 0 Å². The third-order valence-electron chi connectivity index (χ3n) is 3.06. The van der Waals surface area contributed by atoms with Gasteiger partial charge in [-0.1, -0.05) is 25.1 Å². The van der Waals surface area contributed by atoms with E-state index < -0.39 is 10.5 Å². The van der Waals surface area contributed by atoms with E-state index in [1.807, 2.05) is 0 Å². The number of nitrogens with zero attached hydrogens (tertiary/aromatic N) is 1. The Balaban J connectivity index is 2.59. The van der Waals surface area contributed by atoms with E-state index in [2.05, 4.69) is 0 Å². The van der Waals surface area contributed by atoms with Crippen LogP contribution in [0, 0.1) is 10.1 Å². The van der Waals surface area contributed by atoms with Crippen molar-refractivity contribution in [3.63, 3.8) is 0 Å². The lowest BCUT2D eigenvalue weighted by Gasteiger charge is -2.30. The van der Waals surface area contributed by atoms with Gasteiger partial charge in [0.25, 0.3) is 11.3 Å². The maximum absolute atomic E-state index is 11.9. The van der Waals surface area contributed by atoms with Crippen LogP contribution in [0.3, 0.4) is 0 Å². The lowest BCUT2D eigenvalue weighted by molar-refractivity contribution is -0.437. The number of carbonyl (C=O) groups is 1. The Bertz CT molecular complexity index is 550. The van der Waals surface area contributed by atoms with Gasteiger partial charge in [0, 0.05) is 18.1 Å². The first-order valence-corrected chi connectivity index (χ1v) is 5.67. The van der Waals surface area contributed by atoms with Crippen LogP contribution >= 0.6 is 0 Å². The number of fused-ring (bicyclic) bond motifs is 1. The number of Topliss-reactive ketones (excluding diaryl/α,β-unsaturated/α-hetero) is 1. The maximum Gasteiger partial charge on any atom is 0.297 e. The first kappa shape index (κ1) is 12.3. The number of para-hydroxylation sites is 1. The van der Waals surface area contributed by atoms with Crippen molar-refractivity contribution in [3.05, 3.63) is 45.6 Å². The minimum atomic E-state index is -1.51. The van der Waals surface area contributed by atoms with E-state index in [-0.39, 0.29) is 17.9 Å². The summed E-state index contributed by atoms with van der Waals surface area (Å²) in [6.45, 7) is 3.11. The molecule has 5 heteroatoms. The average Bonchev–Trinajstić information content (AvgIpc) is 2.36. The second-order valence-corrected chi connectivity index (χ2v) is 4.24. The summed E-state index contributed by atoms with van der Waals surface area (Å²) in [5.41, 5.74) is -1.11. The molecule has 1 aromatic rings. The molecule has 0 N–H and O–H groups in total. The average molecular weight is 247 g/mol. The van der Waals surface area contributed by atoms with Crippen LogP contribution in [0.15, 0.2) is 30.0 Å². The quantitative estimate of drug-likeness (QED) is 0.607. The van der Waals surface area contributed by atoms with Gasteiger partial charge in [-0.3, -0.25) is 14.9 Å². The predicted molar refractivity (Wildman–Crippen MR) is 65.7 cm³/mol. The number of hydrogen-bond acceptors (Lipinski definition) is 4. The molecule has 0 spiro atoms. The summed E-state index contributed by atoms with van der Waals surface area (Å²) in [5.74, 6) is 0.187. The minimum Gasteiger partial charge on any atom is -0.468 e. The molecule has 1 aliphatic heterocycles. The topological polar surface area (TPSA) is 69.4 Å². The summed E-state index contributed by atoms with van der Waals surface area (Å²) < 4.78 is 5.59. The van der Waals surface area contributed by atoms with Crippen molar-refractivity contribution >= 4 is 11.9 Å². The summed E-state index contributed by atoms with van der Waals surface area (Å²) in [5, 5.41) is 11.1. The molecule has 0 aromatic heterocycles. The van der Waals surface area contributed by atoms with Crippen molar-refractivity contribution in [2.75, 3.05) is 0 Å². The fourth-order valence-electron chi connectivity index (χ4n) is 2.01. The first-order valence-electron chi connectivity index (χ1n) is 5.67. The highest BCUT2D eigenvalue weighted by atomic mass is 16.6. The molecule has 0 saturated carbocycles. The zero-order valence-corrected chi connectivity index (χ0v) is 10.2. The van der Waals surface area contributed by atoms with Gasteiger partial charge in [-0.2, -0.15) is 0 Å². The Kier molecular flexibility index (Phi) is 2.90. The molecule has 2 rings (SSSR count). The Morgan fingerprint density at radius 3 is 2.72 bits per heavy atom. The molecule has 1 atom stereocenters. The maximum atomic E-state index is 11.9. The van der Waals surface area contributed by atoms with E-state index in [1.54, 1.807) is 31.2 Å². The van der Waals surface area contributed by atoms with E-state index in [0.29, 0.717) is 11.3 Å². The van der Waals surface area contributed by atoms with Crippen LogP contribution in [0.4, 0.5) is 0 Å². The van der Waals surface area contributed by atoms with Gasteiger partial charge < -0.3 is 4.74 Å². The van der Waals surface area contributed by atoms with E-state index in [1.165, 1.54) is 13.0 Å². The van der Waals surface area contributed by atoms with Gasteiger partial charge in [0.2, 0.25) is 0 Å². The van der Waals surface area contributed by atoms with E-state index in [9.17, 15) is 14.9 Å². The van der Waals surface area contributed by atoms with E-state index in [0.717, 1.165) is 0 Å². The fraction of sp³-hybridized carbons (Fsp3) is 0.308. The smallest absolute Gasteiger partial charge is 0.297 e. The number of nitro groups is 1. The highest BCUT2D eigenvalue weighted by Gasteiger charge is 2.48. The first-order chi connectivity index (χ1) is 8.49. The number of benzene rings is 1. The van der Waals surface area contributed by atoms with Crippen molar-refractivity contribution in [2.45, 2.75) is 25.9 Å². The van der Waals surface area contributed by atoms with Crippen LogP contribution in [-0.2, 0) is 4.79 Å². The molecule has 0 radical (unpaired) electrons. The second kappa shape index (κ2) is 4.25. The van der Waals surface area contributed by atoms with Crippen molar-refractivity contribution < 1.29 is 14.5 Å². The van der Waals surface area contributed by atoms with Crippen LogP contribution in [0.2, 0.25) is 0 Å². The molecule has 1 aromatic carbocycles. The van der Waals surface area contributed by atoms with Crippen LogP contribution < -0.4 is 4.74 Å². The fourth-order valence-corrected chi connectivity index (χ4v) is 2.01. The molecular weight excluding hydrogens is 234 g/mol. The summed E-state index contributed by atoms with van der Waals surface area (Å²) in [7, 11) is 0. The van der Waals surface area contributed by atoms with Gasteiger partial charge in [0.05, 0.1) is 4.92 Å². The molecule has 0 bridgehead atoms. The lowest BCUT2D eigenvalue weighted by atomic mass is 9.90. The number of ketones is 1. The molecule has 5 nitrogen and oxygen atoms in total. The molecule has 1 heterocycles. The highest BCUT2D eigenvalue weighted by molar-refractivity contribution is 5.92. The number of carbonyl (C=O) groups excluding carboxylic acids is 1. The van der Waals surface area contributed by atoms with Crippen molar-refractivity contribution in [2.24, 2.45) is 0 Å². The third kappa shape index (κ3) is 1.77. The normalized spacial score (nSPS) is 21.6. The summed E-state index contributed by atoms with van der Waals surface area (Å²) in [6, 6.07) is 6.94. The standard InChI is InChI=1S/C13H13NO4/c1-3-12(15)13(2)11(14(16)17)8-9-6-4-5-7-10(9)18-13/h4-8H,3H2,1-2H3. The van der Waals surface area contributed by atoms with E-state index >= 15 is 0 Å². The molecule has 1 aliphatic rings. The van der Waals surface area contributed by atoms with Crippen LogP contribution in [0.1, 0.15) is 25.8 Å². The van der Waals surface area contributed by atoms with Crippen LogP contribution in [0.25, 0.3) is 6.08 Å². The Hall–Kier alpha value is -2.17. The second-order valence-electron chi connectivity index (χ2n) is 4.24. The van der Waals surface area contributed by atoms with Crippen LogP contribution in [-0.4, -0.2) is 16.3 Å². The van der Waals surface area contributed by atoms with Gasteiger partial charge in [0.1, 0.15) is 5.75 Å². The molecule has 94 valence electrons. The highest BCUT2D eigenvalue weighted by Crippen LogP contribution is 2.36. The zero-order valence-electron chi connectivity index (χ0n) is 10.2. The van der Waals surface area contributed by atoms with Crippen molar-refractivity contribution in [3.8, 4) is 5.75 Å². The predicted octanol–water partition coefficient (Wildman–Crippen LogP) is 2.43. The van der Waals surface area contributed by atoms with Crippen molar-refractivity contribution in [1.29, 1.82) is 0 Å². The molecule has 0 fully saturated rings. The number of hydrogen-bond donors (Lipinski definition) is 0. The zero-order chi connectivity index (χ0) is 13.3. The molecule has 18 heavy (non-hydrogen) atoms. The SMILES string of the molecule is CCC(=O)C1(C)Oc2ccccc2C=C1[N+](=O)[O-]. The van der Waals surface area contributed by atoms with Crippen LogP contribution in [0.5, 0.6) is 5.75 Å². The minimum absolute atomic E-state index is 0.184. The largest absolute Gasteiger partial charge is 0.468 e. The third-order valence-corrected chi connectivity index (χ3v) is 3.06. The van der Waals surface area contributed by atoms with Gasteiger partial charge in [-0.05, 0) is 13.0 Å². The van der Waals surface area contributed by atoms with E-state index in [4.69, 9.17) is 4.74 Å². The van der Waals surface area contributed by atoms with Crippen molar-refractivity contribution in [1.82, 2.24) is 0 Å². The number of ether oxygens (including phenoxy) is 1. The molecule has 1 unspecified atom stereocenters. The lowest BCUT2D eigenvalue weighted by Crippen LogP contribution is -2.47. The summed E-state index contributed by atoms with van der Waals surface area (Å²) in [4.78, 5) is 22.5. The molecule has 0 saturated heterocycles. The Morgan fingerprint density at radius 2 is 2.11 bits per heavy atom. The summed E-state index contributed by atoms with van der Waals surface area (Å²) >= 11 is 0. The van der Waals surface area contributed by atoms with Gasteiger partial charge in [0.15, 0.2) is 5.78 Å². The molecule has 0 aliphatic carbocycles. The number of rotatable bonds is 3. The van der Waals surface area contributed by atoms with Gasteiger partial charge in [-0.15, -0.1) is 0 Å². The Morgan fingerprint density at radius 1 is 1.44 bits per heavy atom. The monoisotopic (exact) mass is 247 g/mol.